The van der Waals surface area contributed by atoms with Gasteiger partial charge in [-0.2, -0.15) is 0 Å². The molecule has 1 spiro atoms. The molecule has 2 aromatic rings. The zero-order valence-corrected chi connectivity index (χ0v) is 29.5. The van der Waals surface area contributed by atoms with E-state index in [0.29, 0.717) is 31.4 Å². The fraction of sp³-hybridized carbons (Fsp3) is 0.667. The topological polar surface area (TPSA) is 119 Å². The number of hydrogen-bond donors (Lipinski definition) is 1. The van der Waals surface area contributed by atoms with E-state index in [1.165, 1.54) is 24.5 Å². The highest BCUT2D eigenvalue weighted by atomic mass is 19.1. The summed E-state index contributed by atoms with van der Waals surface area (Å²) in [6, 6.07) is 3.87. The fourth-order valence-corrected chi connectivity index (χ4v) is 7.46. The van der Waals surface area contributed by atoms with Crippen molar-refractivity contribution in [2.24, 2.45) is 5.41 Å². The van der Waals surface area contributed by atoms with E-state index < -0.39 is 17.5 Å². The number of halogens is 1. The number of rotatable bonds is 9. The number of ether oxygens (including phenoxy) is 4. The summed E-state index contributed by atoms with van der Waals surface area (Å²) >= 11 is 0. The highest BCUT2D eigenvalue weighted by molar-refractivity contribution is 5.97. The molecule has 268 valence electrons. The van der Waals surface area contributed by atoms with Gasteiger partial charge in [0.15, 0.2) is 11.6 Å². The fourth-order valence-electron chi connectivity index (χ4n) is 7.46. The van der Waals surface area contributed by atoms with E-state index in [1.54, 1.807) is 11.1 Å². The number of benzene rings is 1. The van der Waals surface area contributed by atoms with Crippen LogP contribution in [0.1, 0.15) is 77.1 Å². The number of nitrogens with zero attached hydrogens (tertiary/aromatic N) is 5. The summed E-state index contributed by atoms with van der Waals surface area (Å²) in [6.07, 6.45) is 7.55. The summed E-state index contributed by atoms with van der Waals surface area (Å²) in [4.78, 5) is 41.2. The number of nitrogens with one attached hydrogen (secondary N) is 1. The van der Waals surface area contributed by atoms with Crippen molar-refractivity contribution in [3.8, 4) is 11.5 Å². The molecule has 1 N–H and O–H groups in total. The summed E-state index contributed by atoms with van der Waals surface area (Å²) in [6.45, 7) is 15.6. The Balaban J connectivity index is 1.02. The predicted octanol–water partition coefficient (Wildman–Crippen LogP) is 5.02. The number of alkyl carbamates (subject to hydrolysis) is 1. The molecule has 4 fully saturated rings. The average Bonchev–Trinajstić information content (AvgIpc) is 3.56. The van der Waals surface area contributed by atoms with Crippen molar-refractivity contribution in [2.75, 3.05) is 57.4 Å². The number of piperidine rings is 1. The minimum atomic E-state index is -0.521. The molecule has 0 saturated carbocycles. The van der Waals surface area contributed by atoms with E-state index in [0.717, 1.165) is 64.8 Å². The minimum Gasteiger partial charge on any atom is -0.451 e. The molecule has 4 aliphatic rings. The number of amides is 2. The van der Waals surface area contributed by atoms with Crippen molar-refractivity contribution in [3.63, 3.8) is 0 Å². The molecule has 0 bridgehead atoms. The van der Waals surface area contributed by atoms with Gasteiger partial charge in [0.05, 0.1) is 43.2 Å². The lowest BCUT2D eigenvalue weighted by atomic mass is 9.72. The third-order valence-electron chi connectivity index (χ3n) is 9.96. The van der Waals surface area contributed by atoms with Crippen molar-refractivity contribution in [1.29, 1.82) is 0 Å². The van der Waals surface area contributed by atoms with Crippen LogP contribution in [-0.2, 0) is 14.2 Å². The second-order valence-corrected chi connectivity index (χ2v) is 15.3. The molecule has 5 heterocycles. The van der Waals surface area contributed by atoms with Crippen LogP contribution in [0.25, 0.3) is 0 Å². The normalized spacial score (nSPS) is 24.1. The molecule has 6 rings (SSSR count). The number of aromatic nitrogens is 2. The first-order valence-electron chi connectivity index (χ1n) is 17.6. The standard InChI is InChI=1S/C36H51FN6O6/c1-24(2)43(27-10-15-46-20-27)33(44)29-16-25(37)6-9-30(29)48-31-17-38-23-39-32(31)42-21-36(22-42)11-13-41(14-12-36)18-28-8-7-26(19-47-28)40-34(45)49-35(3,4)5/h6,9,16-17,23-24,26-28H,7-8,10-15,18-22H2,1-5H3,(H,40,45)/t26-,27+,28+/m1/s1. The second-order valence-electron chi connectivity index (χ2n) is 15.3. The van der Waals surface area contributed by atoms with Crippen molar-refractivity contribution in [1.82, 2.24) is 25.1 Å². The third-order valence-corrected chi connectivity index (χ3v) is 9.96. The van der Waals surface area contributed by atoms with E-state index in [-0.39, 0.29) is 46.9 Å². The number of carbonyl (C=O) groups is 2. The van der Waals surface area contributed by atoms with Crippen LogP contribution in [0.3, 0.4) is 0 Å². The van der Waals surface area contributed by atoms with E-state index >= 15 is 0 Å². The molecule has 0 aliphatic carbocycles. The summed E-state index contributed by atoms with van der Waals surface area (Å²) < 4.78 is 37.9. The maximum absolute atomic E-state index is 14.5. The van der Waals surface area contributed by atoms with Gasteiger partial charge in [0.1, 0.15) is 23.5 Å². The lowest BCUT2D eigenvalue weighted by Crippen LogP contribution is -2.61. The van der Waals surface area contributed by atoms with Crippen LogP contribution in [-0.4, -0.2) is 114 Å². The Hall–Kier alpha value is -3.55. The van der Waals surface area contributed by atoms with Gasteiger partial charge in [-0.3, -0.25) is 4.79 Å². The van der Waals surface area contributed by atoms with E-state index in [9.17, 15) is 14.0 Å². The van der Waals surface area contributed by atoms with Gasteiger partial charge in [-0.1, -0.05) is 0 Å². The molecule has 49 heavy (non-hydrogen) atoms. The Kier molecular flexibility index (Phi) is 10.6. The first-order chi connectivity index (χ1) is 23.4. The third kappa shape index (κ3) is 8.61. The zero-order chi connectivity index (χ0) is 34.8. The highest BCUT2D eigenvalue weighted by Gasteiger charge is 2.46. The van der Waals surface area contributed by atoms with Crippen molar-refractivity contribution in [3.05, 3.63) is 42.1 Å². The molecule has 12 nitrogen and oxygen atoms in total. The number of hydrogen-bond acceptors (Lipinski definition) is 10. The Bertz CT molecular complexity index is 1460. The van der Waals surface area contributed by atoms with Gasteiger partial charge < -0.3 is 39.0 Å². The van der Waals surface area contributed by atoms with Crippen molar-refractivity contribution in [2.45, 2.75) is 96.6 Å². The molecule has 2 amide bonds. The van der Waals surface area contributed by atoms with Gasteiger partial charge >= 0.3 is 6.09 Å². The first-order valence-corrected chi connectivity index (χ1v) is 17.6. The summed E-state index contributed by atoms with van der Waals surface area (Å²) in [5.74, 6) is 0.582. The Morgan fingerprint density at radius 1 is 1.12 bits per heavy atom. The van der Waals surface area contributed by atoms with Gasteiger partial charge in [-0.15, -0.1) is 0 Å². The summed E-state index contributed by atoms with van der Waals surface area (Å²) in [7, 11) is 0. The average molecular weight is 683 g/mol. The Morgan fingerprint density at radius 2 is 1.90 bits per heavy atom. The monoisotopic (exact) mass is 682 g/mol. The maximum atomic E-state index is 14.5. The molecule has 0 radical (unpaired) electrons. The number of likely N-dealkylation sites (tertiary alicyclic amines) is 1. The van der Waals surface area contributed by atoms with Crippen LogP contribution in [0, 0.1) is 11.2 Å². The molecule has 13 heteroatoms. The molecular weight excluding hydrogens is 631 g/mol. The zero-order valence-electron chi connectivity index (χ0n) is 29.5. The number of anilines is 1. The van der Waals surface area contributed by atoms with Crippen LogP contribution in [0.15, 0.2) is 30.7 Å². The SMILES string of the molecule is CC(C)N(C(=O)c1cc(F)ccc1Oc1cncnc1N1CC2(CCN(C[C@@H]3CC[C@@H](NC(=O)OC(C)(C)C)CO3)CC2)C1)[C@H]1CCOC1. The van der Waals surface area contributed by atoms with E-state index in [4.69, 9.17) is 18.9 Å². The first kappa shape index (κ1) is 35.3. The van der Waals surface area contributed by atoms with Gasteiger partial charge in [0.2, 0.25) is 0 Å². The molecule has 0 unspecified atom stereocenters. The summed E-state index contributed by atoms with van der Waals surface area (Å²) in [5, 5.41) is 2.93. The predicted molar refractivity (Wildman–Crippen MR) is 181 cm³/mol. The minimum absolute atomic E-state index is 0.0238. The van der Waals surface area contributed by atoms with Gasteiger partial charge in [0.25, 0.3) is 5.91 Å². The van der Waals surface area contributed by atoms with Gasteiger partial charge in [-0.05, 0) is 98.0 Å². The lowest BCUT2D eigenvalue weighted by Gasteiger charge is -2.54. The largest absolute Gasteiger partial charge is 0.451 e. The van der Waals surface area contributed by atoms with E-state index in [1.807, 2.05) is 34.6 Å². The lowest BCUT2D eigenvalue weighted by molar-refractivity contribution is -0.0347. The van der Waals surface area contributed by atoms with Crippen LogP contribution >= 0.6 is 0 Å². The Morgan fingerprint density at radius 3 is 2.55 bits per heavy atom. The number of carbonyl (C=O) groups excluding carboxylic acids is 2. The highest BCUT2D eigenvalue weighted by Crippen LogP contribution is 2.45. The second kappa shape index (κ2) is 14.7. The molecule has 1 aromatic carbocycles. The van der Waals surface area contributed by atoms with Gasteiger partial charge in [0, 0.05) is 37.7 Å². The van der Waals surface area contributed by atoms with Crippen LogP contribution in [0.4, 0.5) is 15.0 Å². The quantitative estimate of drug-likeness (QED) is 0.386. The molecule has 1 aromatic heterocycles. The van der Waals surface area contributed by atoms with Gasteiger partial charge in [-0.25, -0.2) is 19.2 Å². The summed E-state index contributed by atoms with van der Waals surface area (Å²) in [5.41, 5.74) is -0.154. The molecule has 4 saturated heterocycles. The van der Waals surface area contributed by atoms with Crippen molar-refractivity contribution < 1.29 is 32.9 Å². The Labute approximate surface area is 288 Å². The smallest absolute Gasteiger partial charge is 0.407 e. The van der Waals surface area contributed by atoms with Crippen molar-refractivity contribution >= 4 is 17.8 Å². The molecular formula is C36H51FN6O6. The van der Waals surface area contributed by atoms with Crippen LogP contribution in [0.5, 0.6) is 11.5 Å². The molecule has 3 atom stereocenters. The maximum Gasteiger partial charge on any atom is 0.407 e. The molecule has 4 aliphatic heterocycles. The van der Waals surface area contributed by atoms with Crippen LogP contribution < -0.4 is 15.0 Å². The van der Waals surface area contributed by atoms with E-state index in [2.05, 4.69) is 25.1 Å². The van der Waals surface area contributed by atoms with Crippen LogP contribution in [0.2, 0.25) is 0 Å².